The number of nitrogens with two attached hydrogens (primary N) is 1. The maximum atomic E-state index is 7.59. The summed E-state index contributed by atoms with van der Waals surface area (Å²) in [6.07, 6.45) is 1.66. The van der Waals surface area contributed by atoms with Gasteiger partial charge in [0.25, 0.3) is 0 Å². The maximum Gasteiger partial charge on any atom is 0.142 e. The van der Waals surface area contributed by atoms with E-state index in [9.17, 15) is 0 Å². The smallest absolute Gasteiger partial charge is 0.142 e. The number of anilines is 1. The van der Waals surface area contributed by atoms with Gasteiger partial charge in [-0.2, -0.15) is 0 Å². The van der Waals surface area contributed by atoms with Gasteiger partial charge in [-0.3, -0.25) is 10.4 Å². The maximum absolute atomic E-state index is 7.59. The summed E-state index contributed by atoms with van der Waals surface area (Å²) < 4.78 is 0. The van der Waals surface area contributed by atoms with Crippen molar-refractivity contribution in [1.82, 2.24) is 4.98 Å². The summed E-state index contributed by atoms with van der Waals surface area (Å²) in [4.78, 5) is 6.33. The van der Waals surface area contributed by atoms with E-state index in [1.807, 2.05) is 19.2 Å². The van der Waals surface area contributed by atoms with Crippen molar-refractivity contribution in [1.29, 1.82) is 5.41 Å². The van der Waals surface area contributed by atoms with Gasteiger partial charge < -0.3 is 10.6 Å². The van der Waals surface area contributed by atoms with Gasteiger partial charge in [0.2, 0.25) is 0 Å². The summed E-state index contributed by atoms with van der Waals surface area (Å²) in [6, 6.07) is 10.3. The number of hydrogen-bond acceptors (Lipinski definition) is 3. The Morgan fingerprint density at radius 2 is 1.90 bits per heavy atom. The Morgan fingerprint density at radius 1 is 1.25 bits per heavy atom. The summed E-state index contributed by atoms with van der Waals surface area (Å²) in [5.41, 5.74) is 10.7. The minimum absolute atomic E-state index is 0.00872. The fourth-order valence-electron chi connectivity index (χ4n) is 2.33. The van der Waals surface area contributed by atoms with Crippen LogP contribution in [0.25, 0.3) is 0 Å². The second kappa shape index (κ2) is 5.74. The van der Waals surface area contributed by atoms with Gasteiger partial charge in [-0.05, 0) is 43.2 Å². The van der Waals surface area contributed by atoms with Crippen LogP contribution >= 0.6 is 0 Å². The van der Waals surface area contributed by atoms with E-state index < -0.39 is 0 Å². The van der Waals surface area contributed by atoms with E-state index in [4.69, 9.17) is 11.1 Å². The molecule has 0 radical (unpaired) electrons. The number of nitrogen functional groups attached to an aromatic ring is 1. The second-order valence-corrected chi connectivity index (χ2v) is 5.13. The van der Waals surface area contributed by atoms with Gasteiger partial charge in [0, 0.05) is 31.0 Å². The SMILES string of the molecule is Cc1cc(C)cc(N(C)Cc2cccnc2C(=N)N)c1. The summed E-state index contributed by atoms with van der Waals surface area (Å²) in [6.45, 7) is 4.86. The van der Waals surface area contributed by atoms with Gasteiger partial charge in [-0.1, -0.05) is 12.1 Å². The van der Waals surface area contributed by atoms with Crippen LogP contribution in [-0.4, -0.2) is 17.9 Å². The van der Waals surface area contributed by atoms with Crippen molar-refractivity contribution in [3.8, 4) is 0 Å². The Labute approximate surface area is 119 Å². The van der Waals surface area contributed by atoms with Crippen molar-refractivity contribution in [3.05, 3.63) is 58.9 Å². The summed E-state index contributed by atoms with van der Waals surface area (Å²) in [5.74, 6) is 0.00872. The van der Waals surface area contributed by atoms with Crippen molar-refractivity contribution < 1.29 is 0 Å². The van der Waals surface area contributed by atoms with Crippen LogP contribution in [0.1, 0.15) is 22.4 Å². The number of pyridine rings is 1. The minimum Gasteiger partial charge on any atom is -0.382 e. The molecule has 2 rings (SSSR count). The fourth-order valence-corrected chi connectivity index (χ4v) is 2.33. The number of aromatic nitrogens is 1. The lowest BCUT2D eigenvalue weighted by atomic mass is 10.1. The number of benzene rings is 1. The average Bonchev–Trinajstić information content (AvgIpc) is 2.37. The largest absolute Gasteiger partial charge is 0.382 e. The molecule has 0 aliphatic heterocycles. The predicted molar refractivity (Wildman–Crippen MR) is 83.3 cm³/mol. The number of nitrogens with one attached hydrogen (secondary N) is 1. The number of amidine groups is 1. The van der Waals surface area contributed by atoms with E-state index in [2.05, 4.69) is 41.9 Å². The first-order chi connectivity index (χ1) is 9.47. The van der Waals surface area contributed by atoms with Crippen LogP contribution < -0.4 is 10.6 Å². The Morgan fingerprint density at radius 3 is 2.50 bits per heavy atom. The molecular formula is C16H20N4. The fraction of sp³-hybridized carbons (Fsp3) is 0.250. The number of hydrogen-bond donors (Lipinski definition) is 2. The van der Waals surface area contributed by atoms with Crippen LogP contribution in [0.5, 0.6) is 0 Å². The molecule has 0 aliphatic carbocycles. The summed E-state index contributed by atoms with van der Waals surface area (Å²) >= 11 is 0. The molecule has 1 aromatic carbocycles. The normalized spacial score (nSPS) is 10.3. The highest BCUT2D eigenvalue weighted by molar-refractivity contribution is 5.94. The van der Waals surface area contributed by atoms with E-state index in [0.717, 1.165) is 11.3 Å². The quantitative estimate of drug-likeness (QED) is 0.661. The Bertz CT molecular complexity index is 614. The molecule has 104 valence electrons. The van der Waals surface area contributed by atoms with Crippen LogP contribution in [-0.2, 0) is 6.54 Å². The monoisotopic (exact) mass is 268 g/mol. The average molecular weight is 268 g/mol. The lowest BCUT2D eigenvalue weighted by Gasteiger charge is -2.21. The lowest BCUT2D eigenvalue weighted by Crippen LogP contribution is -2.22. The molecule has 2 aromatic rings. The molecule has 0 amide bonds. The molecular weight excluding hydrogens is 248 g/mol. The topological polar surface area (TPSA) is 66.0 Å². The highest BCUT2D eigenvalue weighted by atomic mass is 15.1. The number of rotatable bonds is 4. The molecule has 0 unspecified atom stereocenters. The highest BCUT2D eigenvalue weighted by Crippen LogP contribution is 2.20. The molecule has 0 bridgehead atoms. The van der Waals surface area contributed by atoms with Gasteiger partial charge in [-0.25, -0.2) is 0 Å². The molecule has 0 fully saturated rings. The third-order valence-corrected chi connectivity index (χ3v) is 3.20. The van der Waals surface area contributed by atoms with Gasteiger partial charge >= 0.3 is 0 Å². The zero-order chi connectivity index (χ0) is 14.7. The van der Waals surface area contributed by atoms with Crippen LogP contribution in [0.15, 0.2) is 36.5 Å². The van der Waals surface area contributed by atoms with Crippen molar-refractivity contribution in [2.45, 2.75) is 20.4 Å². The van der Waals surface area contributed by atoms with Crippen LogP contribution in [0, 0.1) is 19.3 Å². The predicted octanol–water partition coefficient (Wildman–Crippen LogP) is 2.62. The third-order valence-electron chi connectivity index (χ3n) is 3.20. The first-order valence-corrected chi connectivity index (χ1v) is 6.55. The zero-order valence-corrected chi connectivity index (χ0v) is 12.1. The van der Waals surface area contributed by atoms with Crippen molar-refractivity contribution in [2.24, 2.45) is 5.73 Å². The Kier molecular flexibility index (Phi) is 4.03. The molecule has 0 atom stereocenters. The third kappa shape index (κ3) is 3.15. The van der Waals surface area contributed by atoms with Crippen LogP contribution in [0.2, 0.25) is 0 Å². The molecule has 0 aliphatic rings. The molecule has 0 saturated carbocycles. The molecule has 20 heavy (non-hydrogen) atoms. The van der Waals surface area contributed by atoms with E-state index in [1.54, 1.807) is 6.20 Å². The zero-order valence-electron chi connectivity index (χ0n) is 12.1. The number of aryl methyl sites for hydroxylation is 2. The Balaban J connectivity index is 2.28. The highest BCUT2D eigenvalue weighted by Gasteiger charge is 2.10. The van der Waals surface area contributed by atoms with E-state index in [1.165, 1.54) is 11.1 Å². The first-order valence-electron chi connectivity index (χ1n) is 6.55. The standard InChI is InChI=1S/C16H20N4/c1-11-7-12(2)9-14(8-11)20(3)10-13-5-4-6-19-15(13)16(17)18/h4-9H,10H2,1-3H3,(H3,17,18). The van der Waals surface area contributed by atoms with Gasteiger partial charge in [0.05, 0.1) is 0 Å². The van der Waals surface area contributed by atoms with Gasteiger partial charge in [-0.15, -0.1) is 0 Å². The van der Waals surface area contributed by atoms with Gasteiger partial charge in [0.15, 0.2) is 0 Å². The van der Waals surface area contributed by atoms with Crippen LogP contribution in [0.3, 0.4) is 0 Å². The van der Waals surface area contributed by atoms with Crippen LogP contribution in [0.4, 0.5) is 5.69 Å². The first kappa shape index (κ1) is 14.1. The lowest BCUT2D eigenvalue weighted by molar-refractivity contribution is 0.908. The Hall–Kier alpha value is -2.36. The van der Waals surface area contributed by atoms with E-state index in [-0.39, 0.29) is 5.84 Å². The van der Waals surface area contributed by atoms with E-state index in [0.29, 0.717) is 12.2 Å². The number of nitrogens with zero attached hydrogens (tertiary/aromatic N) is 2. The molecule has 4 heteroatoms. The summed E-state index contributed by atoms with van der Waals surface area (Å²) in [7, 11) is 2.03. The molecule has 3 N–H and O–H groups in total. The van der Waals surface area contributed by atoms with Crippen molar-refractivity contribution >= 4 is 11.5 Å². The van der Waals surface area contributed by atoms with Crippen molar-refractivity contribution in [2.75, 3.05) is 11.9 Å². The summed E-state index contributed by atoms with van der Waals surface area (Å²) in [5, 5.41) is 7.59. The molecule has 1 heterocycles. The molecule has 0 saturated heterocycles. The molecule has 1 aromatic heterocycles. The minimum atomic E-state index is 0.00872. The molecule has 4 nitrogen and oxygen atoms in total. The van der Waals surface area contributed by atoms with Gasteiger partial charge in [0.1, 0.15) is 11.5 Å². The molecule has 0 spiro atoms. The van der Waals surface area contributed by atoms with Crippen molar-refractivity contribution in [3.63, 3.8) is 0 Å². The second-order valence-electron chi connectivity index (χ2n) is 5.13. The van der Waals surface area contributed by atoms with E-state index >= 15 is 0 Å².